The van der Waals surface area contributed by atoms with Gasteiger partial charge in [0.15, 0.2) is 0 Å². The number of hydrogen-bond donors (Lipinski definition) is 0. The first kappa shape index (κ1) is 24.0. The summed E-state index contributed by atoms with van der Waals surface area (Å²) < 4.78 is 0. The van der Waals surface area contributed by atoms with Crippen LogP contribution in [0.3, 0.4) is 0 Å². The maximum atomic E-state index is 3.89. The summed E-state index contributed by atoms with van der Waals surface area (Å²) in [7, 11) is -0.364. The zero-order chi connectivity index (χ0) is 17.6. The molecule has 0 saturated heterocycles. The molecule has 0 radical (unpaired) electrons. The van der Waals surface area contributed by atoms with E-state index in [1.807, 2.05) is 54.6 Å². The molecule has 0 aliphatic heterocycles. The average Bonchev–Trinajstić information content (AvgIpc) is 3.29. The van der Waals surface area contributed by atoms with E-state index in [4.69, 9.17) is 0 Å². The van der Waals surface area contributed by atoms with Gasteiger partial charge in [0.2, 0.25) is 0 Å². The van der Waals surface area contributed by atoms with Gasteiger partial charge in [-0.2, -0.15) is 6.07 Å². The van der Waals surface area contributed by atoms with E-state index in [0.717, 1.165) is 24.6 Å². The van der Waals surface area contributed by atoms with Crippen LogP contribution < -0.4 is 10.6 Å². The molecule has 0 spiro atoms. The van der Waals surface area contributed by atoms with Crippen LogP contribution in [-0.4, -0.2) is 24.6 Å². The van der Waals surface area contributed by atoms with Gasteiger partial charge in [0.1, 0.15) is 0 Å². The van der Waals surface area contributed by atoms with Crippen molar-refractivity contribution in [1.82, 2.24) is 0 Å². The molecule has 0 aromatic heterocycles. The van der Waals surface area contributed by atoms with Crippen LogP contribution in [-0.2, 0) is 17.1 Å². The molecule has 2 rings (SSSR count). The van der Waals surface area contributed by atoms with Crippen molar-refractivity contribution >= 4 is 26.5 Å². The van der Waals surface area contributed by atoms with E-state index < -0.39 is 0 Å². The van der Waals surface area contributed by atoms with E-state index in [2.05, 4.69) is 44.5 Å². The van der Waals surface area contributed by atoms with Gasteiger partial charge < -0.3 is 30.3 Å². The molecule has 140 valence electrons. The fraction of sp³-hybridized carbons (Fsp3) is 0.182. The summed E-state index contributed by atoms with van der Waals surface area (Å²) in [6, 6.07) is 16.8. The fourth-order valence-corrected chi connectivity index (χ4v) is 6.99. The molecule has 2 aromatic rings. The van der Waals surface area contributed by atoms with Gasteiger partial charge in [-0.15, -0.1) is 44.8 Å². The Morgan fingerprint density at radius 2 is 1.24 bits per heavy atom. The van der Waals surface area contributed by atoms with Crippen molar-refractivity contribution in [3.63, 3.8) is 0 Å². The molecule has 0 nitrogen and oxygen atoms in total. The summed E-state index contributed by atoms with van der Waals surface area (Å²) in [5, 5.41) is 3.06. The number of hydrogen-bond acceptors (Lipinski definition) is 0. The number of allylic oxidation sites excluding steroid dienone is 4. The first-order valence-electron chi connectivity index (χ1n) is 8.14. The van der Waals surface area contributed by atoms with Gasteiger partial charge in [-0.1, -0.05) is 32.2 Å². The third-order valence-electron chi connectivity index (χ3n) is 3.41. The smallest absolute Gasteiger partial charge is 0 e. The minimum absolute atomic E-state index is 0. The Labute approximate surface area is 167 Å². The summed E-state index contributed by atoms with van der Waals surface area (Å²) in [5.74, 6) is 0. The second-order valence-corrected chi connectivity index (χ2v) is 9.81. The van der Waals surface area contributed by atoms with Crippen molar-refractivity contribution in [2.75, 3.05) is 24.6 Å². The van der Waals surface area contributed by atoms with Gasteiger partial charge in [-0.05, 0) is 24.6 Å². The van der Waals surface area contributed by atoms with Crippen molar-refractivity contribution in [2.45, 2.75) is 0 Å². The van der Waals surface area contributed by atoms with E-state index in [9.17, 15) is 0 Å². The standard InChI is InChI=1S/C17H23P2.C5H5.Fe/c1-5-12-18(13-6-2)16-10-9-11-17(16)19(14-7-3)15-8-4;1-2-4-5-3-1;/h5-11H,1-4,12-15H2;1-5H;/q-1;-5;. The molecule has 2 aromatic carbocycles. The maximum absolute atomic E-state index is 3.89. The normalized spacial score (nSPS) is 9.68. The average molecular weight is 410 g/mol. The Morgan fingerprint density at radius 1 is 0.800 bits per heavy atom. The van der Waals surface area contributed by atoms with Crippen molar-refractivity contribution in [3.8, 4) is 0 Å². The zero-order valence-corrected chi connectivity index (χ0v) is 17.7. The maximum Gasteiger partial charge on any atom is 0 e. The Kier molecular flexibility index (Phi) is 14.7. The minimum Gasteiger partial charge on any atom is -0.748 e. The predicted octanol–water partition coefficient (Wildman–Crippen LogP) is 5.77. The largest absolute Gasteiger partial charge is 0.748 e. The van der Waals surface area contributed by atoms with Gasteiger partial charge in [0.25, 0.3) is 0 Å². The summed E-state index contributed by atoms with van der Waals surface area (Å²) in [5.41, 5.74) is 0. The van der Waals surface area contributed by atoms with Crippen LogP contribution in [0.1, 0.15) is 0 Å². The van der Waals surface area contributed by atoms with Gasteiger partial charge in [-0.25, -0.2) is 12.1 Å². The van der Waals surface area contributed by atoms with Gasteiger partial charge in [0.05, 0.1) is 0 Å². The summed E-state index contributed by atoms with van der Waals surface area (Å²) in [4.78, 5) is 0. The molecular formula is C22H28FeP2-6. The minimum atomic E-state index is -0.182. The Morgan fingerprint density at radius 3 is 1.64 bits per heavy atom. The first-order chi connectivity index (χ1) is 11.8. The van der Waals surface area contributed by atoms with E-state index in [1.165, 1.54) is 10.6 Å². The van der Waals surface area contributed by atoms with E-state index >= 15 is 0 Å². The third kappa shape index (κ3) is 8.80. The molecule has 0 amide bonds. The molecule has 0 bridgehead atoms. The van der Waals surface area contributed by atoms with Crippen LogP contribution in [0.2, 0.25) is 0 Å². The van der Waals surface area contributed by atoms with Crippen molar-refractivity contribution in [3.05, 3.63) is 99.2 Å². The summed E-state index contributed by atoms with van der Waals surface area (Å²) >= 11 is 0. The molecular weight excluding hydrogens is 382 g/mol. The van der Waals surface area contributed by atoms with E-state index in [-0.39, 0.29) is 32.9 Å². The van der Waals surface area contributed by atoms with E-state index in [1.54, 1.807) is 0 Å². The molecule has 0 unspecified atom stereocenters. The molecule has 25 heavy (non-hydrogen) atoms. The quantitative estimate of drug-likeness (QED) is 0.202. The van der Waals surface area contributed by atoms with Gasteiger partial charge >= 0.3 is 0 Å². The fourth-order valence-electron chi connectivity index (χ4n) is 2.42. The first-order valence-corrected chi connectivity index (χ1v) is 11.6. The van der Waals surface area contributed by atoms with Crippen molar-refractivity contribution in [1.29, 1.82) is 0 Å². The Bertz CT molecular complexity index is 520. The predicted molar refractivity (Wildman–Crippen MR) is 117 cm³/mol. The molecule has 3 heteroatoms. The Hall–Kier alpha value is -0.961. The van der Waals surface area contributed by atoms with Crippen LogP contribution in [0.25, 0.3) is 0 Å². The molecule has 0 atom stereocenters. The van der Waals surface area contributed by atoms with Crippen LogP contribution in [0, 0.1) is 0 Å². The molecule has 0 aliphatic rings. The van der Waals surface area contributed by atoms with Gasteiger partial charge in [-0.3, -0.25) is 0 Å². The molecule has 0 fully saturated rings. The topological polar surface area (TPSA) is 0 Å². The molecule has 0 heterocycles. The van der Waals surface area contributed by atoms with Crippen LogP contribution in [0.15, 0.2) is 99.2 Å². The SMILES string of the molecule is C=CCP(CC=C)c1ccc[c-]1P(CC=C)CC=C.[Fe].[cH-]1[cH-][cH-][cH-][cH-]1. The monoisotopic (exact) mass is 410 g/mol. The number of rotatable bonds is 10. The van der Waals surface area contributed by atoms with E-state index in [0.29, 0.717) is 0 Å². The second kappa shape index (κ2) is 15.3. The van der Waals surface area contributed by atoms with Gasteiger partial charge in [0, 0.05) is 17.1 Å². The molecule has 0 saturated carbocycles. The molecule has 0 N–H and O–H groups in total. The summed E-state index contributed by atoms with van der Waals surface area (Å²) in [6.07, 6.45) is 12.4. The van der Waals surface area contributed by atoms with Crippen molar-refractivity contribution in [2.24, 2.45) is 0 Å². The van der Waals surface area contributed by atoms with Crippen molar-refractivity contribution < 1.29 is 17.1 Å². The van der Waals surface area contributed by atoms with Crippen LogP contribution in [0.5, 0.6) is 0 Å². The van der Waals surface area contributed by atoms with Crippen LogP contribution >= 0.6 is 15.8 Å². The summed E-state index contributed by atoms with van der Waals surface area (Å²) in [6.45, 7) is 15.6. The zero-order valence-electron chi connectivity index (χ0n) is 14.8. The Balaban J connectivity index is 0.000000820. The second-order valence-electron chi connectivity index (χ2n) is 5.22. The van der Waals surface area contributed by atoms with Crippen LogP contribution in [0.4, 0.5) is 0 Å². The molecule has 0 aliphatic carbocycles. The third-order valence-corrected chi connectivity index (χ3v) is 8.52.